The van der Waals surface area contributed by atoms with Crippen molar-refractivity contribution in [3.8, 4) is 17.0 Å². The van der Waals surface area contributed by atoms with E-state index in [0.717, 1.165) is 45.2 Å². The number of carbonyl (C=O) groups is 1. The molecule has 0 atom stereocenters. The molecule has 2 aromatic carbocycles. The van der Waals surface area contributed by atoms with Crippen molar-refractivity contribution in [1.29, 1.82) is 0 Å². The Labute approximate surface area is 192 Å². The van der Waals surface area contributed by atoms with Gasteiger partial charge in [0.05, 0.1) is 31.8 Å². The highest BCUT2D eigenvalue weighted by Gasteiger charge is 2.38. The first-order valence-electron chi connectivity index (χ1n) is 11.3. The Balaban J connectivity index is 1.67. The Kier molecular flexibility index (Phi) is 5.85. The van der Waals surface area contributed by atoms with Crippen LogP contribution in [-0.2, 0) is 14.3 Å². The average Bonchev–Trinajstić information content (AvgIpc) is 2.80. The van der Waals surface area contributed by atoms with Crippen molar-refractivity contribution in [2.24, 2.45) is 5.92 Å². The van der Waals surface area contributed by atoms with Crippen LogP contribution in [0.4, 0.5) is 4.39 Å². The maximum absolute atomic E-state index is 13.8. The lowest BCUT2D eigenvalue weighted by molar-refractivity contribution is -0.151. The standard InChI is InChI=1S/C27H26FNO4/c1-16-3-8-22-23(13-16)29-26(33-21-14-19(15-21)27(30)31-2)25(18-9-11-32-12-10-18)24(22)17-4-6-20(28)7-5-17/h3-9,13,19,21H,10-12,14-15H2,1-2H3. The van der Waals surface area contributed by atoms with Crippen LogP contribution in [0.2, 0.25) is 0 Å². The molecule has 1 saturated carbocycles. The topological polar surface area (TPSA) is 57.7 Å². The third-order valence-electron chi connectivity index (χ3n) is 6.43. The molecule has 0 spiro atoms. The number of carbonyl (C=O) groups excluding carboxylic acids is 1. The van der Waals surface area contributed by atoms with Crippen molar-refractivity contribution in [2.45, 2.75) is 32.3 Å². The molecule has 1 aliphatic carbocycles. The van der Waals surface area contributed by atoms with Crippen molar-refractivity contribution in [3.05, 3.63) is 65.5 Å². The Hall–Kier alpha value is -3.25. The molecule has 5 rings (SSSR count). The van der Waals surface area contributed by atoms with Crippen LogP contribution >= 0.6 is 0 Å². The predicted molar refractivity (Wildman–Crippen MR) is 124 cm³/mol. The first kappa shape index (κ1) is 21.6. The summed E-state index contributed by atoms with van der Waals surface area (Å²) >= 11 is 0. The van der Waals surface area contributed by atoms with Crippen LogP contribution in [0.3, 0.4) is 0 Å². The minimum Gasteiger partial charge on any atom is -0.474 e. The molecule has 1 aliphatic heterocycles. The predicted octanol–water partition coefficient (Wildman–Crippen LogP) is 5.48. The van der Waals surface area contributed by atoms with E-state index in [1.807, 2.05) is 13.0 Å². The molecule has 2 aliphatic rings. The molecule has 0 bridgehead atoms. The second kappa shape index (κ2) is 8.94. The van der Waals surface area contributed by atoms with Gasteiger partial charge in [-0.3, -0.25) is 4.79 Å². The van der Waals surface area contributed by atoms with Gasteiger partial charge in [0.1, 0.15) is 11.9 Å². The zero-order valence-corrected chi connectivity index (χ0v) is 18.8. The van der Waals surface area contributed by atoms with Gasteiger partial charge in [-0.2, -0.15) is 0 Å². The van der Waals surface area contributed by atoms with E-state index < -0.39 is 0 Å². The third-order valence-corrected chi connectivity index (χ3v) is 6.43. The van der Waals surface area contributed by atoms with Gasteiger partial charge in [0.15, 0.2) is 0 Å². The first-order valence-corrected chi connectivity index (χ1v) is 11.3. The van der Waals surface area contributed by atoms with Crippen LogP contribution in [0.25, 0.3) is 27.6 Å². The number of aryl methyl sites for hydroxylation is 1. The third kappa shape index (κ3) is 4.23. The van der Waals surface area contributed by atoms with Crippen molar-refractivity contribution in [2.75, 3.05) is 20.3 Å². The van der Waals surface area contributed by atoms with Gasteiger partial charge >= 0.3 is 5.97 Å². The van der Waals surface area contributed by atoms with Gasteiger partial charge in [-0.05, 0) is 61.1 Å². The summed E-state index contributed by atoms with van der Waals surface area (Å²) in [6.45, 7) is 3.17. The number of pyridine rings is 1. The van der Waals surface area contributed by atoms with E-state index in [1.165, 1.54) is 19.2 Å². The Morgan fingerprint density at radius 1 is 1.12 bits per heavy atom. The lowest BCUT2D eigenvalue weighted by atomic mass is 9.82. The summed E-state index contributed by atoms with van der Waals surface area (Å²) in [5, 5.41) is 0.989. The minimum atomic E-state index is -0.278. The van der Waals surface area contributed by atoms with E-state index in [0.29, 0.717) is 31.9 Å². The highest BCUT2D eigenvalue weighted by Crippen LogP contribution is 2.44. The van der Waals surface area contributed by atoms with Crippen molar-refractivity contribution >= 4 is 22.4 Å². The van der Waals surface area contributed by atoms with Gasteiger partial charge in [-0.25, -0.2) is 9.37 Å². The first-order chi connectivity index (χ1) is 16.0. The van der Waals surface area contributed by atoms with E-state index in [9.17, 15) is 9.18 Å². The number of methoxy groups -OCH3 is 1. The molecule has 1 fully saturated rings. The number of hydrogen-bond acceptors (Lipinski definition) is 5. The molecule has 0 amide bonds. The zero-order valence-electron chi connectivity index (χ0n) is 18.8. The molecule has 0 N–H and O–H groups in total. The molecule has 6 heteroatoms. The van der Waals surface area contributed by atoms with E-state index in [4.69, 9.17) is 19.2 Å². The summed E-state index contributed by atoms with van der Waals surface area (Å²) in [4.78, 5) is 16.8. The molecule has 0 unspecified atom stereocenters. The fourth-order valence-electron chi connectivity index (χ4n) is 4.59. The summed E-state index contributed by atoms with van der Waals surface area (Å²) in [6.07, 6.45) is 3.91. The summed E-state index contributed by atoms with van der Waals surface area (Å²) in [5.41, 5.74) is 5.83. The molecule has 2 heterocycles. The van der Waals surface area contributed by atoms with Crippen LogP contribution < -0.4 is 4.74 Å². The number of nitrogens with zero attached hydrogens (tertiary/aromatic N) is 1. The summed E-state index contributed by atoms with van der Waals surface area (Å²) in [6, 6.07) is 12.7. The number of rotatable bonds is 5. The number of esters is 1. The van der Waals surface area contributed by atoms with Crippen LogP contribution in [0, 0.1) is 18.7 Å². The van der Waals surface area contributed by atoms with E-state index >= 15 is 0 Å². The van der Waals surface area contributed by atoms with Crippen LogP contribution in [0.15, 0.2) is 48.5 Å². The smallest absolute Gasteiger partial charge is 0.308 e. The highest BCUT2D eigenvalue weighted by atomic mass is 19.1. The molecule has 3 aromatic rings. The quantitative estimate of drug-likeness (QED) is 0.485. The SMILES string of the molecule is COC(=O)C1CC(Oc2nc3cc(C)ccc3c(-c3ccc(F)cc3)c2C2=CCOCC2)C1. The van der Waals surface area contributed by atoms with Crippen molar-refractivity contribution < 1.29 is 23.4 Å². The second-order valence-electron chi connectivity index (χ2n) is 8.68. The molecule has 1 aromatic heterocycles. The van der Waals surface area contributed by atoms with Gasteiger partial charge in [-0.1, -0.05) is 30.3 Å². The van der Waals surface area contributed by atoms with Gasteiger partial charge in [0.25, 0.3) is 0 Å². The lowest BCUT2D eigenvalue weighted by Gasteiger charge is -2.34. The van der Waals surface area contributed by atoms with E-state index in [2.05, 4.69) is 18.2 Å². The molecule has 5 nitrogen and oxygen atoms in total. The molecular formula is C27H26FNO4. The average molecular weight is 448 g/mol. The Morgan fingerprint density at radius 3 is 2.61 bits per heavy atom. The highest BCUT2D eigenvalue weighted by molar-refractivity contribution is 6.02. The molecule has 33 heavy (non-hydrogen) atoms. The number of benzene rings is 2. The zero-order chi connectivity index (χ0) is 22.9. The summed E-state index contributed by atoms with van der Waals surface area (Å²) in [5.74, 6) is -0.0604. The second-order valence-corrected chi connectivity index (χ2v) is 8.68. The van der Waals surface area contributed by atoms with E-state index in [-0.39, 0.29) is 23.8 Å². The van der Waals surface area contributed by atoms with Gasteiger partial charge < -0.3 is 14.2 Å². The number of halogens is 1. The van der Waals surface area contributed by atoms with Crippen molar-refractivity contribution in [1.82, 2.24) is 4.98 Å². The van der Waals surface area contributed by atoms with Crippen LogP contribution in [0.5, 0.6) is 5.88 Å². The Bertz CT molecular complexity index is 1230. The number of ether oxygens (including phenoxy) is 3. The Morgan fingerprint density at radius 2 is 1.91 bits per heavy atom. The largest absolute Gasteiger partial charge is 0.474 e. The summed E-state index contributed by atoms with van der Waals surface area (Å²) in [7, 11) is 1.41. The molecule has 170 valence electrons. The lowest BCUT2D eigenvalue weighted by Crippen LogP contribution is -2.39. The number of fused-ring (bicyclic) bond motifs is 1. The minimum absolute atomic E-state index is 0.107. The van der Waals surface area contributed by atoms with E-state index in [1.54, 1.807) is 12.1 Å². The maximum Gasteiger partial charge on any atom is 0.308 e. The van der Waals surface area contributed by atoms with Crippen molar-refractivity contribution in [3.63, 3.8) is 0 Å². The fourth-order valence-corrected chi connectivity index (χ4v) is 4.59. The van der Waals surface area contributed by atoms with Gasteiger partial charge in [0.2, 0.25) is 5.88 Å². The normalized spacial score (nSPS) is 20.2. The molecule has 0 radical (unpaired) electrons. The van der Waals surface area contributed by atoms with Crippen LogP contribution in [0.1, 0.15) is 30.4 Å². The fraction of sp³-hybridized carbons (Fsp3) is 0.333. The number of hydrogen-bond donors (Lipinski definition) is 0. The van der Waals surface area contributed by atoms with Crippen LogP contribution in [-0.4, -0.2) is 37.4 Å². The molecular weight excluding hydrogens is 421 g/mol. The summed E-state index contributed by atoms with van der Waals surface area (Å²) < 4.78 is 30.6. The number of aromatic nitrogens is 1. The molecule has 0 saturated heterocycles. The monoisotopic (exact) mass is 447 g/mol. The van der Waals surface area contributed by atoms with Gasteiger partial charge in [0, 0.05) is 16.5 Å². The maximum atomic E-state index is 13.8. The van der Waals surface area contributed by atoms with Gasteiger partial charge in [-0.15, -0.1) is 0 Å².